The number of aromatic nitrogens is 2. The largest absolute Gasteiger partial charge is 0.465 e. The topological polar surface area (TPSA) is 128 Å². The average Bonchev–Trinajstić information content (AvgIpc) is 3.21. The van der Waals surface area contributed by atoms with Gasteiger partial charge in [-0.2, -0.15) is 0 Å². The van der Waals surface area contributed by atoms with E-state index in [1.807, 2.05) is 0 Å². The molecule has 150 valence electrons. The van der Waals surface area contributed by atoms with Crippen LogP contribution in [0.2, 0.25) is 0 Å². The van der Waals surface area contributed by atoms with E-state index >= 15 is 0 Å². The van der Waals surface area contributed by atoms with Gasteiger partial charge in [-0.05, 0) is 48.5 Å². The fraction of sp³-hybridized carbons (Fsp3) is 0.158. The van der Waals surface area contributed by atoms with Crippen LogP contribution in [0.1, 0.15) is 27.6 Å². The van der Waals surface area contributed by atoms with E-state index in [9.17, 15) is 18.0 Å². The monoisotopic (exact) mass is 415 g/mol. The van der Waals surface area contributed by atoms with Crippen molar-refractivity contribution in [3.63, 3.8) is 0 Å². The number of amides is 1. The van der Waals surface area contributed by atoms with E-state index < -0.39 is 21.7 Å². The first-order chi connectivity index (χ1) is 13.8. The van der Waals surface area contributed by atoms with E-state index in [1.54, 1.807) is 19.1 Å². The Balaban J connectivity index is 1.71. The van der Waals surface area contributed by atoms with Crippen LogP contribution >= 0.6 is 0 Å². The number of rotatable bonds is 6. The Bertz CT molecular complexity index is 1140. The fourth-order valence-electron chi connectivity index (χ4n) is 2.41. The zero-order valence-electron chi connectivity index (χ0n) is 15.6. The molecule has 0 aliphatic carbocycles. The van der Waals surface area contributed by atoms with Crippen LogP contribution in [-0.2, 0) is 14.6 Å². The Morgan fingerprint density at radius 2 is 1.62 bits per heavy atom. The third-order valence-corrected chi connectivity index (χ3v) is 5.80. The van der Waals surface area contributed by atoms with Crippen molar-refractivity contribution in [1.29, 1.82) is 0 Å². The zero-order valence-corrected chi connectivity index (χ0v) is 16.4. The van der Waals surface area contributed by atoms with Crippen molar-refractivity contribution in [2.24, 2.45) is 0 Å². The minimum atomic E-state index is -3.30. The third kappa shape index (κ3) is 4.49. The van der Waals surface area contributed by atoms with Crippen molar-refractivity contribution >= 4 is 27.7 Å². The van der Waals surface area contributed by atoms with Gasteiger partial charge >= 0.3 is 12.0 Å². The molecule has 0 spiro atoms. The lowest BCUT2D eigenvalue weighted by molar-refractivity contribution is 0.0600. The summed E-state index contributed by atoms with van der Waals surface area (Å²) in [6.45, 7) is 1.57. The Morgan fingerprint density at radius 3 is 2.21 bits per heavy atom. The highest BCUT2D eigenvalue weighted by atomic mass is 32.2. The molecular formula is C19H17N3O6S. The van der Waals surface area contributed by atoms with E-state index in [2.05, 4.69) is 20.3 Å². The summed E-state index contributed by atoms with van der Waals surface area (Å²) in [5.41, 5.74) is 1.11. The number of benzene rings is 2. The van der Waals surface area contributed by atoms with Gasteiger partial charge in [-0.15, -0.1) is 5.10 Å². The summed E-state index contributed by atoms with van der Waals surface area (Å²) in [6, 6.07) is 11.8. The van der Waals surface area contributed by atoms with Crippen molar-refractivity contribution in [3.8, 4) is 11.5 Å². The highest BCUT2D eigenvalue weighted by Gasteiger charge is 2.15. The molecule has 2 aromatic carbocycles. The lowest BCUT2D eigenvalue weighted by Gasteiger charge is -2.03. The van der Waals surface area contributed by atoms with Crippen LogP contribution in [0.25, 0.3) is 11.5 Å². The molecule has 0 saturated carbocycles. The first-order valence-electron chi connectivity index (χ1n) is 8.50. The number of sulfone groups is 1. The molecule has 1 aromatic heterocycles. The number of nitrogens with zero attached hydrogens (tertiary/aromatic N) is 2. The maximum Gasteiger partial charge on any atom is 0.337 e. The molecule has 0 bridgehead atoms. The molecule has 0 aliphatic heterocycles. The molecule has 29 heavy (non-hydrogen) atoms. The van der Waals surface area contributed by atoms with Crippen molar-refractivity contribution in [1.82, 2.24) is 10.2 Å². The van der Waals surface area contributed by atoms with E-state index in [-0.39, 0.29) is 28.1 Å². The summed E-state index contributed by atoms with van der Waals surface area (Å²) in [7, 11) is -2.03. The highest BCUT2D eigenvalue weighted by Crippen LogP contribution is 2.22. The summed E-state index contributed by atoms with van der Waals surface area (Å²) in [5.74, 6) is -0.872. The van der Waals surface area contributed by atoms with Gasteiger partial charge in [0.15, 0.2) is 9.84 Å². The minimum absolute atomic E-state index is 0.00366. The fourth-order valence-corrected chi connectivity index (χ4v) is 3.29. The van der Waals surface area contributed by atoms with Gasteiger partial charge in [0.05, 0.1) is 23.3 Å². The molecule has 1 heterocycles. The molecular weight excluding hydrogens is 398 g/mol. The standard InChI is InChI=1S/C19H17N3O6S/c1-3-29(25,26)15-10-8-13(9-11-15)17-21-22-19(28-17)20-16(23)12-4-6-14(7-5-12)18(24)27-2/h4-11H,3H2,1-2H3,(H,20,22,23). The summed E-state index contributed by atoms with van der Waals surface area (Å²) in [4.78, 5) is 23.9. The van der Waals surface area contributed by atoms with Crippen LogP contribution < -0.4 is 5.32 Å². The van der Waals surface area contributed by atoms with E-state index in [0.717, 1.165) is 0 Å². The maximum absolute atomic E-state index is 12.3. The molecule has 0 atom stereocenters. The quantitative estimate of drug-likeness (QED) is 0.608. The summed E-state index contributed by atoms with van der Waals surface area (Å²) >= 11 is 0. The number of esters is 1. The van der Waals surface area contributed by atoms with E-state index in [0.29, 0.717) is 11.1 Å². The molecule has 1 N–H and O–H groups in total. The number of ether oxygens (including phenoxy) is 1. The third-order valence-electron chi connectivity index (χ3n) is 4.05. The first-order valence-corrected chi connectivity index (χ1v) is 10.2. The van der Waals surface area contributed by atoms with Crippen molar-refractivity contribution in [2.45, 2.75) is 11.8 Å². The maximum atomic E-state index is 12.3. The van der Waals surface area contributed by atoms with Gasteiger partial charge in [-0.3, -0.25) is 10.1 Å². The predicted octanol–water partition coefficient (Wildman–Crippen LogP) is 2.57. The lowest BCUT2D eigenvalue weighted by atomic mass is 10.1. The number of nitrogens with one attached hydrogen (secondary N) is 1. The highest BCUT2D eigenvalue weighted by molar-refractivity contribution is 7.91. The molecule has 0 saturated heterocycles. The number of methoxy groups -OCH3 is 1. The molecule has 9 nitrogen and oxygen atoms in total. The summed E-state index contributed by atoms with van der Waals surface area (Å²) in [6.07, 6.45) is 0. The van der Waals surface area contributed by atoms with Crippen LogP contribution in [0, 0.1) is 0 Å². The van der Waals surface area contributed by atoms with Crippen LogP contribution in [0.3, 0.4) is 0 Å². The normalized spacial score (nSPS) is 11.1. The van der Waals surface area contributed by atoms with Gasteiger partial charge in [0.25, 0.3) is 5.91 Å². The van der Waals surface area contributed by atoms with Gasteiger partial charge in [-0.1, -0.05) is 12.0 Å². The molecule has 10 heteroatoms. The Labute approximate surface area is 166 Å². The van der Waals surface area contributed by atoms with Crippen molar-refractivity contribution < 1.29 is 27.2 Å². The average molecular weight is 415 g/mol. The molecule has 0 fully saturated rings. The van der Waals surface area contributed by atoms with Gasteiger partial charge in [0.1, 0.15) is 0 Å². The smallest absolute Gasteiger partial charge is 0.337 e. The second-order valence-corrected chi connectivity index (χ2v) is 8.14. The minimum Gasteiger partial charge on any atom is -0.465 e. The van der Waals surface area contributed by atoms with E-state index in [4.69, 9.17) is 4.42 Å². The van der Waals surface area contributed by atoms with Crippen molar-refractivity contribution in [2.75, 3.05) is 18.2 Å². The molecule has 0 aliphatic rings. The van der Waals surface area contributed by atoms with Gasteiger partial charge in [0.2, 0.25) is 5.89 Å². The molecule has 1 amide bonds. The number of hydrogen-bond donors (Lipinski definition) is 1. The summed E-state index contributed by atoms with van der Waals surface area (Å²) < 4.78 is 33.7. The summed E-state index contributed by atoms with van der Waals surface area (Å²) in [5, 5.41) is 10.1. The second kappa shape index (κ2) is 8.23. The second-order valence-electron chi connectivity index (χ2n) is 5.86. The first kappa shape index (κ1) is 20.2. The SMILES string of the molecule is CCS(=O)(=O)c1ccc(-c2nnc(NC(=O)c3ccc(C(=O)OC)cc3)o2)cc1. The van der Waals surface area contributed by atoms with Gasteiger partial charge in [0, 0.05) is 11.1 Å². The van der Waals surface area contributed by atoms with Crippen LogP contribution in [0.4, 0.5) is 6.01 Å². The molecule has 0 radical (unpaired) electrons. The molecule has 3 rings (SSSR count). The number of carbonyl (C=O) groups excluding carboxylic acids is 2. The van der Waals surface area contributed by atoms with Crippen LogP contribution in [0.5, 0.6) is 0 Å². The number of carbonyl (C=O) groups is 2. The van der Waals surface area contributed by atoms with Crippen molar-refractivity contribution in [3.05, 3.63) is 59.7 Å². The Kier molecular flexibility index (Phi) is 5.74. The van der Waals surface area contributed by atoms with Crippen LogP contribution in [0.15, 0.2) is 57.8 Å². The van der Waals surface area contributed by atoms with E-state index in [1.165, 1.54) is 43.5 Å². The van der Waals surface area contributed by atoms with Gasteiger partial charge in [-0.25, -0.2) is 13.2 Å². The predicted molar refractivity (Wildman–Crippen MR) is 103 cm³/mol. The van der Waals surface area contributed by atoms with Crippen LogP contribution in [-0.4, -0.2) is 43.4 Å². The Morgan fingerprint density at radius 1 is 1.00 bits per heavy atom. The lowest BCUT2D eigenvalue weighted by Crippen LogP contribution is -2.12. The Hall–Kier alpha value is -3.53. The zero-order chi connectivity index (χ0) is 21.0. The molecule has 3 aromatic rings. The van der Waals surface area contributed by atoms with Gasteiger partial charge < -0.3 is 9.15 Å². The number of hydrogen-bond acceptors (Lipinski definition) is 8. The molecule has 0 unspecified atom stereocenters. The number of anilines is 1.